The van der Waals surface area contributed by atoms with Crippen LogP contribution < -0.4 is 0 Å². The van der Waals surface area contributed by atoms with Gasteiger partial charge in [0.25, 0.3) is 0 Å². The number of nitrogens with zero attached hydrogens (tertiary/aromatic N) is 3. The van der Waals surface area contributed by atoms with Crippen molar-refractivity contribution in [2.45, 2.75) is 0 Å². The molecule has 0 amide bonds. The number of fused-ring (bicyclic) bond motifs is 2. The predicted molar refractivity (Wildman–Crippen MR) is 123 cm³/mol. The number of ether oxygens (including phenoxy) is 2. The molecule has 0 atom stereocenters. The van der Waals surface area contributed by atoms with Crippen molar-refractivity contribution in [1.29, 1.82) is 0 Å². The summed E-state index contributed by atoms with van der Waals surface area (Å²) < 4.78 is 15.0. The molecule has 0 radical (unpaired) electrons. The molecule has 2 aromatic carbocycles. The number of hydrogen-bond donors (Lipinski definition) is 0. The summed E-state index contributed by atoms with van der Waals surface area (Å²) >= 11 is 0. The van der Waals surface area contributed by atoms with E-state index in [9.17, 15) is 9.59 Å². The van der Waals surface area contributed by atoms with Crippen molar-refractivity contribution < 1.29 is 19.1 Å². The molecular formula is C25H21N3O4. The third kappa shape index (κ3) is 2.90. The van der Waals surface area contributed by atoms with Crippen LogP contribution in [-0.2, 0) is 16.5 Å². The van der Waals surface area contributed by atoms with Gasteiger partial charge in [0.1, 0.15) is 0 Å². The molecule has 0 saturated carbocycles. The summed E-state index contributed by atoms with van der Waals surface area (Å²) in [5.41, 5.74) is 5.22. The van der Waals surface area contributed by atoms with Crippen LogP contribution in [0.2, 0.25) is 0 Å². The normalized spacial score (nSPS) is 11.2. The lowest BCUT2D eigenvalue weighted by molar-refractivity contribution is 0.173. The first kappa shape index (κ1) is 19.7. The molecule has 0 N–H and O–H groups in total. The number of aryl methyl sites for hydroxylation is 1. The van der Waals surface area contributed by atoms with E-state index in [4.69, 9.17) is 9.47 Å². The topological polar surface area (TPSA) is 67.4 Å². The molecule has 0 saturated heterocycles. The van der Waals surface area contributed by atoms with E-state index in [0.717, 1.165) is 44.1 Å². The highest BCUT2D eigenvalue weighted by molar-refractivity contribution is 6.07. The van der Waals surface area contributed by atoms with E-state index in [1.807, 2.05) is 72.5 Å². The zero-order chi connectivity index (χ0) is 22.4. The van der Waals surface area contributed by atoms with Crippen LogP contribution >= 0.6 is 0 Å². The minimum atomic E-state index is -0.452. The highest BCUT2D eigenvalue weighted by Gasteiger charge is 2.22. The third-order valence-corrected chi connectivity index (χ3v) is 5.70. The fourth-order valence-electron chi connectivity index (χ4n) is 4.30. The number of rotatable bonds is 2. The van der Waals surface area contributed by atoms with E-state index in [-0.39, 0.29) is 0 Å². The van der Waals surface area contributed by atoms with Gasteiger partial charge in [-0.2, -0.15) is 0 Å². The Bertz CT molecular complexity index is 1390. The second-order valence-electron chi connectivity index (χ2n) is 7.55. The van der Waals surface area contributed by atoms with Gasteiger partial charge in [-0.15, -0.1) is 0 Å². The van der Waals surface area contributed by atoms with Gasteiger partial charge in [-0.05, 0) is 12.1 Å². The minimum Gasteiger partial charge on any atom is -0.452 e. The highest BCUT2D eigenvalue weighted by atomic mass is 16.5. The largest absolute Gasteiger partial charge is 0.452 e. The van der Waals surface area contributed by atoms with Crippen LogP contribution in [0, 0.1) is 0 Å². The van der Waals surface area contributed by atoms with Crippen molar-refractivity contribution >= 4 is 34.0 Å². The first-order valence-corrected chi connectivity index (χ1v) is 10.1. The molecule has 0 bridgehead atoms. The van der Waals surface area contributed by atoms with Crippen LogP contribution in [0.4, 0.5) is 9.59 Å². The predicted octanol–water partition coefficient (Wildman–Crippen LogP) is 5.50. The van der Waals surface area contributed by atoms with Gasteiger partial charge >= 0.3 is 12.2 Å². The number of carbonyl (C=O) groups is 2. The third-order valence-electron chi connectivity index (χ3n) is 5.70. The van der Waals surface area contributed by atoms with Gasteiger partial charge in [0.2, 0.25) is 0 Å². The quantitative estimate of drug-likeness (QED) is 0.373. The fraction of sp³-hybridized carbons (Fsp3) is 0.120. The Hall–Kier alpha value is -4.26. The van der Waals surface area contributed by atoms with E-state index >= 15 is 0 Å². The van der Waals surface area contributed by atoms with Crippen molar-refractivity contribution in [3.63, 3.8) is 0 Å². The highest BCUT2D eigenvalue weighted by Crippen LogP contribution is 2.41. The second kappa shape index (κ2) is 7.46. The molecular weight excluding hydrogens is 406 g/mol. The number of methoxy groups -OCH3 is 2. The molecule has 3 aromatic heterocycles. The molecule has 7 heteroatoms. The molecule has 160 valence electrons. The van der Waals surface area contributed by atoms with Gasteiger partial charge in [-0.1, -0.05) is 36.4 Å². The van der Waals surface area contributed by atoms with Crippen LogP contribution in [0.5, 0.6) is 0 Å². The molecule has 5 rings (SSSR count). The number of hydrogen-bond acceptors (Lipinski definition) is 4. The Morgan fingerprint density at radius 1 is 0.625 bits per heavy atom. The maximum absolute atomic E-state index is 12.4. The molecule has 0 aliphatic carbocycles. The van der Waals surface area contributed by atoms with Gasteiger partial charge in [-0.25, -0.2) is 9.59 Å². The Labute approximate surface area is 184 Å². The Morgan fingerprint density at radius 2 is 1.03 bits per heavy atom. The summed E-state index contributed by atoms with van der Waals surface area (Å²) in [6.45, 7) is 0. The molecule has 7 nitrogen and oxygen atoms in total. The number of carbonyl (C=O) groups excluding carboxylic acids is 2. The van der Waals surface area contributed by atoms with Crippen molar-refractivity contribution in [1.82, 2.24) is 13.7 Å². The van der Waals surface area contributed by atoms with Crippen molar-refractivity contribution in [3.05, 3.63) is 73.3 Å². The summed E-state index contributed by atoms with van der Waals surface area (Å²) in [4.78, 5) is 24.8. The smallest absolute Gasteiger partial charge is 0.418 e. The minimum absolute atomic E-state index is 0.452. The van der Waals surface area contributed by atoms with Crippen molar-refractivity contribution in [3.8, 4) is 22.3 Å². The van der Waals surface area contributed by atoms with E-state index in [1.54, 1.807) is 12.4 Å². The SMILES string of the molecule is COC(=O)n1cc(-c2cn(C)cc2-c2cn(C(=O)OC)c3ccccc23)c2ccccc21. The average Bonchev–Trinajstić information content (AvgIpc) is 3.50. The average molecular weight is 427 g/mol. The zero-order valence-electron chi connectivity index (χ0n) is 17.9. The Kier molecular flexibility index (Phi) is 4.59. The van der Waals surface area contributed by atoms with Crippen molar-refractivity contribution in [2.75, 3.05) is 14.2 Å². The molecule has 5 aromatic rings. The fourth-order valence-corrected chi connectivity index (χ4v) is 4.30. The van der Waals surface area contributed by atoms with E-state index in [1.165, 1.54) is 23.4 Å². The van der Waals surface area contributed by atoms with Gasteiger partial charge in [0.15, 0.2) is 0 Å². The van der Waals surface area contributed by atoms with Crippen molar-refractivity contribution in [2.24, 2.45) is 7.05 Å². The number of benzene rings is 2. The first-order chi connectivity index (χ1) is 15.5. The molecule has 0 unspecified atom stereocenters. The zero-order valence-corrected chi connectivity index (χ0v) is 17.9. The van der Waals surface area contributed by atoms with Crippen LogP contribution in [0.15, 0.2) is 73.3 Å². The van der Waals surface area contributed by atoms with Crippen LogP contribution in [0.3, 0.4) is 0 Å². The van der Waals surface area contributed by atoms with E-state index < -0.39 is 12.2 Å². The van der Waals surface area contributed by atoms with Gasteiger partial charge < -0.3 is 14.0 Å². The monoisotopic (exact) mass is 427 g/mol. The molecule has 32 heavy (non-hydrogen) atoms. The second-order valence-corrected chi connectivity index (χ2v) is 7.55. The lowest BCUT2D eigenvalue weighted by Crippen LogP contribution is -2.09. The molecule has 0 aliphatic rings. The molecule has 0 fully saturated rings. The Morgan fingerprint density at radius 3 is 1.44 bits per heavy atom. The lowest BCUT2D eigenvalue weighted by Gasteiger charge is -2.02. The maximum Gasteiger partial charge on any atom is 0.418 e. The first-order valence-electron chi connectivity index (χ1n) is 10.1. The van der Waals surface area contributed by atoms with Gasteiger partial charge in [0.05, 0.1) is 25.3 Å². The standard InChI is InChI=1S/C25H21N3O4/c1-26-12-18(20-14-27(24(29)31-2)22-10-6-4-8-16(20)22)19(13-26)21-15-28(25(30)32-3)23-11-7-5-9-17(21)23/h4-15H,1-3H3. The summed E-state index contributed by atoms with van der Waals surface area (Å²) in [6.07, 6.45) is 6.73. The molecule has 0 spiro atoms. The van der Waals surface area contributed by atoms with E-state index in [0.29, 0.717) is 0 Å². The van der Waals surface area contributed by atoms with Crippen LogP contribution in [0.25, 0.3) is 44.1 Å². The molecule has 0 aliphatic heterocycles. The maximum atomic E-state index is 12.4. The van der Waals surface area contributed by atoms with Crippen LogP contribution in [0.1, 0.15) is 0 Å². The number of aromatic nitrogens is 3. The summed E-state index contributed by atoms with van der Waals surface area (Å²) in [6, 6.07) is 15.4. The molecule has 3 heterocycles. The Balaban J connectivity index is 1.80. The summed E-state index contributed by atoms with van der Waals surface area (Å²) in [5, 5.41) is 1.86. The van der Waals surface area contributed by atoms with Gasteiger partial charge in [0, 0.05) is 64.9 Å². The van der Waals surface area contributed by atoms with Gasteiger partial charge in [-0.3, -0.25) is 9.13 Å². The lowest BCUT2D eigenvalue weighted by atomic mass is 9.98. The van der Waals surface area contributed by atoms with E-state index in [2.05, 4.69) is 0 Å². The summed E-state index contributed by atoms with van der Waals surface area (Å²) in [5.74, 6) is 0. The van der Waals surface area contributed by atoms with Crippen LogP contribution in [-0.4, -0.2) is 40.1 Å². The number of para-hydroxylation sites is 2. The summed E-state index contributed by atoms with van der Waals surface area (Å²) in [7, 11) is 4.69.